The van der Waals surface area contributed by atoms with Crippen molar-refractivity contribution >= 4 is 35.1 Å². The highest BCUT2D eigenvalue weighted by molar-refractivity contribution is 7.99. The van der Waals surface area contributed by atoms with Gasteiger partial charge < -0.3 is 10.1 Å². The minimum atomic E-state index is -0.556. The number of hydrogen-bond donors (Lipinski definition) is 1. The minimum Gasteiger partial charge on any atom is -0.445 e. The first kappa shape index (κ1) is 18.1. The lowest BCUT2D eigenvalue weighted by Crippen LogP contribution is -2.23. The Morgan fingerprint density at radius 1 is 1.29 bits per heavy atom. The van der Waals surface area contributed by atoms with Crippen molar-refractivity contribution in [1.29, 1.82) is 0 Å². The van der Waals surface area contributed by atoms with Crippen LogP contribution in [-0.4, -0.2) is 17.6 Å². The zero-order valence-electron chi connectivity index (χ0n) is 12.8. The highest BCUT2D eigenvalue weighted by Crippen LogP contribution is 2.35. The number of halogens is 1. The number of hydrogen-bond acceptors (Lipinski definition) is 5. The van der Waals surface area contributed by atoms with E-state index in [0.29, 0.717) is 22.0 Å². The third-order valence-electron chi connectivity index (χ3n) is 2.95. The molecule has 0 bridgehead atoms. The number of alkyl carbamates (subject to hydrolysis) is 1. The maximum Gasteiger partial charge on any atom is 0.407 e. The molecule has 0 aliphatic carbocycles. The lowest BCUT2D eigenvalue weighted by molar-refractivity contribution is -0.387. The summed E-state index contributed by atoms with van der Waals surface area (Å²) in [5, 5.41) is 14.4. The van der Waals surface area contributed by atoms with Gasteiger partial charge in [-0.25, -0.2) is 4.79 Å². The molecule has 0 saturated carbocycles. The number of benzene rings is 2. The summed E-state index contributed by atoms with van der Waals surface area (Å²) < 4.78 is 4.98. The number of nitrogens with zero attached hydrogens (tertiary/aromatic N) is 1. The first-order valence-corrected chi connectivity index (χ1v) is 8.30. The number of nitro benzene ring substituents is 1. The normalized spacial score (nSPS) is 10.2. The van der Waals surface area contributed by atoms with Crippen LogP contribution in [0, 0.1) is 10.1 Å². The molecule has 2 rings (SSSR count). The zero-order valence-corrected chi connectivity index (χ0v) is 14.4. The van der Waals surface area contributed by atoms with Gasteiger partial charge in [-0.15, -0.1) is 0 Å². The van der Waals surface area contributed by atoms with Gasteiger partial charge in [0.05, 0.1) is 9.82 Å². The van der Waals surface area contributed by atoms with Gasteiger partial charge in [0.2, 0.25) is 0 Å². The summed E-state index contributed by atoms with van der Waals surface area (Å²) in [6, 6.07) is 11.8. The summed E-state index contributed by atoms with van der Waals surface area (Å²) in [6.45, 7) is 2.20. The first-order chi connectivity index (χ1) is 11.5. The third-order valence-corrected chi connectivity index (χ3v) is 4.28. The van der Waals surface area contributed by atoms with Crippen molar-refractivity contribution in [1.82, 2.24) is 5.32 Å². The Morgan fingerprint density at radius 3 is 2.62 bits per heavy atom. The molecule has 0 atom stereocenters. The van der Waals surface area contributed by atoms with Crippen LogP contribution in [0.5, 0.6) is 0 Å². The molecule has 6 nitrogen and oxygen atoms in total. The number of ether oxygens (including phenoxy) is 1. The molecule has 24 heavy (non-hydrogen) atoms. The van der Waals surface area contributed by atoms with Gasteiger partial charge in [-0.05, 0) is 42.8 Å². The van der Waals surface area contributed by atoms with Crippen molar-refractivity contribution in [2.24, 2.45) is 0 Å². The van der Waals surface area contributed by atoms with Crippen LogP contribution >= 0.6 is 23.4 Å². The fourth-order valence-electron chi connectivity index (χ4n) is 1.86. The number of carbonyl (C=O) groups excluding carboxylic acids is 1. The van der Waals surface area contributed by atoms with Gasteiger partial charge in [-0.3, -0.25) is 10.1 Å². The van der Waals surface area contributed by atoms with E-state index in [1.165, 1.54) is 17.8 Å². The number of rotatable bonds is 6. The van der Waals surface area contributed by atoms with E-state index in [-0.39, 0.29) is 12.3 Å². The Morgan fingerprint density at radius 2 is 2.00 bits per heavy atom. The smallest absolute Gasteiger partial charge is 0.407 e. The fraction of sp³-hybridized carbons (Fsp3) is 0.188. The number of nitrogens with one attached hydrogen (secondary N) is 1. The molecular formula is C16H15ClN2O4S. The van der Waals surface area contributed by atoms with Gasteiger partial charge in [0.15, 0.2) is 0 Å². The van der Waals surface area contributed by atoms with Crippen LogP contribution in [0.15, 0.2) is 52.3 Å². The molecule has 0 unspecified atom stereocenters. The van der Waals surface area contributed by atoms with E-state index in [0.717, 1.165) is 4.90 Å². The van der Waals surface area contributed by atoms with Gasteiger partial charge in [-0.2, -0.15) is 0 Å². The summed E-state index contributed by atoms with van der Waals surface area (Å²) in [5.74, 6) is 0. The lowest BCUT2D eigenvalue weighted by atomic mass is 10.2. The summed E-state index contributed by atoms with van der Waals surface area (Å²) in [4.78, 5) is 23.5. The van der Waals surface area contributed by atoms with Crippen molar-refractivity contribution in [3.63, 3.8) is 0 Å². The van der Waals surface area contributed by atoms with Crippen molar-refractivity contribution < 1.29 is 14.5 Å². The number of amides is 1. The SMILES string of the molecule is CCNC(=O)OCc1ccc(Sc2ccc(Cl)cc2)c([N+](=O)[O-])c1. The van der Waals surface area contributed by atoms with Crippen molar-refractivity contribution in [2.75, 3.05) is 6.54 Å². The maximum absolute atomic E-state index is 11.3. The van der Waals surface area contributed by atoms with E-state index in [4.69, 9.17) is 16.3 Å². The van der Waals surface area contributed by atoms with Gasteiger partial charge in [-0.1, -0.05) is 29.4 Å². The summed E-state index contributed by atoms with van der Waals surface area (Å²) in [5.41, 5.74) is 0.514. The monoisotopic (exact) mass is 366 g/mol. The Labute approximate surface area is 148 Å². The zero-order chi connectivity index (χ0) is 17.5. The van der Waals surface area contributed by atoms with Crippen molar-refractivity contribution in [3.8, 4) is 0 Å². The van der Waals surface area contributed by atoms with Crippen LogP contribution in [0.1, 0.15) is 12.5 Å². The van der Waals surface area contributed by atoms with E-state index in [9.17, 15) is 14.9 Å². The molecule has 0 saturated heterocycles. The van der Waals surface area contributed by atoms with Crippen LogP contribution in [0.4, 0.5) is 10.5 Å². The lowest BCUT2D eigenvalue weighted by Gasteiger charge is -2.07. The standard InChI is InChI=1S/C16H15ClN2O4S/c1-2-18-16(20)23-10-11-3-8-15(14(9-11)19(21)22)24-13-6-4-12(17)5-7-13/h3-9H,2,10H2,1H3,(H,18,20). The van der Waals surface area contributed by atoms with E-state index in [1.54, 1.807) is 43.3 Å². The fourth-order valence-corrected chi connectivity index (χ4v) is 2.88. The molecule has 0 aromatic heterocycles. The molecule has 1 amide bonds. The Kier molecular flexibility index (Phi) is 6.45. The predicted molar refractivity (Wildman–Crippen MR) is 92.5 cm³/mol. The largest absolute Gasteiger partial charge is 0.445 e. The molecule has 0 spiro atoms. The highest BCUT2D eigenvalue weighted by Gasteiger charge is 2.16. The maximum atomic E-state index is 11.3. The van der Waals surface area contributed by atoms with E-state index in [2.05, 4.69) is 5.32 Å². The second-order valence-corrected chi connectivity index (χ2v) is 6.27. The predicted octanol–water partition coefficient (Wildman–Crippen LogP) is 4.65. The molecule has 1 N–H and O–H groups in total. The minimum absolute atomic E-state index is 0.0292. The van der Waals surface area contributed by atoms with E-state index < -0.39 is 11.0 Å². The molecule has 0 aliphatic heterocycles. The van der Waals surface area contributed by atoms with E-state index in [1.807, 2.05) is 0 Å². The van der Waals surface area contributed by atoms with Gasteiger partial charge in [0.25, 0.3) is 5.69 Å². The van der Waals surface area contributed by atoms with Crippen molar-refractivity contribution in [2.45, 2.75) is 23.3 Å². The molecular weight excluding hydrogens is 352 g/mol. The van der Waals surface area contributed by atoms with Crippen LogP contribution < -0.4 is 5.32 Å². The molecule has 0 radical (unpaired) electrons. The Balaban J connectivity index is 2.15. The van der Waals surface area contributed by atoms with E-state index >= 15 is 0 Å². The van der Waals surface area contributed by atoms with Gasteiger partial charge in [0, 0.05) is 22.5 Å². The molecule has 0 fully saturated rings. The molecule has 0 heterocycles. The first-order valence-electron chi connectivity index (χ1n) is 7.11. The van der Waals surface area contributed by atoms with Gasteiger partial charge in [0.1, 0.15) is 6.61 Å². The van der Waals surface area contributed by atoms with Crippen LogP contribution in [0.25, 0.3) is 0 Å². The quantitative estimate of drug-likeness (QED) is 0.594. The van der Waals surface area contributed by atoms with Crippen LogP contribution in [0.3, 0.4) is 0 Å². The van der Waals surface area contributed by atoms with Crippen molar-refractivity contribution in [3.05, 3.63) is 63.2 Å². The third kappa shape index (κ3) is 5.14. The average Bonchev–Trinajstić information content (AvgIpc) is 2.56. The van der Waals surface area contributed by atoms with Crippen LogP contribution in [-0.2, 0) is 11.3 Å². The molecule has 0 aliphatic rings. The summed E-state index contributed by atoms with van der Waals surface area (Å²) in [7, 11) is 0. The Hall–Kier alpha value is -2.25. The molecule has 2 aromatic carbocycles. The topological polar surface area (TPSA) is 81.5 Å². The summed E-state index contributed by atoms with van der Waals surface area (Å²) in [6.07, 6.45) is -0.556. The molecule has 2 aromatic rings. The Bertz CT molecular complexity index is 737. The number of nitro groups is 1. The number of carbonyl (C=O) groups is 1. The molecule has 126 valence electrons. The van der Waals surface area contributed by atoms with Crippen LogP contribution in [0.2, 0.25) is 5.02 Å². The summed E-state index contributed by atoms with van der Waals surface area (Å²) >= 11 is 7.11. The second-order valence-electron chi connectivity index (χ2n) is 4.72. The highest BCUT2D eigenvalue weighted by atomic mass is 35.5. The molecule has 8 heteroatoms. The second kappa shape index (κ2) is 8.56. The van der Waals surface area contributed by atoms with Gasteiger partial charge >= 0.3 is 6.09 Å². The average molecular weight is 367 g/mol.